The first-order valence-electron chi connectivity index (χ1n) is 10.7. The molecule has 0 aliphatic carbocycles. The number of alkyl halides is 3. The molecule has 3 aromatic rings. The van der Waals surface area contributed by atoms with Crippen molar-refractivity contribution in [3.05, 3.63) is 70.8 Å². The maximum Gasteiger partial charge on any atom is 0.419 e. The fourth-order valence-corrected chi connectivity index (χ4v) is 3.83. The van der Waals surface area contributed by atoms with E-state index in [0.717, 1.165) is 23.0 Å². The van der Waals surface area contributed by atoms with Gasteiger partial charge in [-0.2, -0.15) is 18.4 Å². The second-order valence-electron chi connectivity index (χ2n) is 8.18. The molecule has 0 fully saturated rings. The molecule has 1 aliphatic heterocycles. The second kappa shape index (κ2) is 9.06. The van der Waals surface area contributed by atoms with Crippen molar-refractivity contribution in [1.29, 1.82) is 5.26 Å². The molecule has 1 N–H and O–H groups in total. The average molecular weight is 452 g/mol. The van der Waals surface area contributed by atoms with Crippen LogP contribution in [0, 0.1) is 11.3 Å². The van der Waals surface area contributed by atoms with Crippen LogP contribution in [0.25, 0.3) is 0 Å². The third-order valence-electron chi connectivity index (χ3n) is 5.55. The van der Waals surface area contributed by atoms with Crippen LogP contribution >= 0.6 is 0 Å². The second-order valence-corrected chi connectivity index (χ2v) is 8.18. The summed E-state index contributed by atoms with van der Waals surface area (Å²) in [5.74, 6) is 1.35. The van der Waals surface area contributed by atoms with Crippen molar-refractivity contribution in [3.63, 3.8) is 0 Å². The number of pyridine rings is 1. The van der Waals surface area contributed by atoms with Gasteiger partial charge in [-0.25, -0.2) is 15.0 Å². The molecule has 2 aromatic heterocycles. The van der Waals surface area contributed by atoms with Gasteiger partial charge in [-0.15, -0.1) is 0 Å². The molecular weight excluding hydrogens is 429 g/mol. The lowest BCUT2D eigenvalue weighted by atomic mass is 10.1. The molecule has 0 saturated heterocycles. The zero-order valence-electron chi connectivity index (χ0n) is 18.3. The molecule has 4 rings (SSSR count). The zero-order valence-corrected chi connectivity index (χ0v) is 18.3. The van der Waals surface area contributed by atoms with E-state index in [9.17, 15) is 13.2 Å². The quantitative estimate of drug-likeness (QED) is 0.584. The maximum atomic E-state index is 13.6. The van der Waals surface area contributed by atoms with Crippen molar-refractivity contribution < 1.29 is 13.2 Å². The van der Waals surface area contributed by atoms with Crippen LogP contribution in [0.1, 0.15) is 48.0 Å². The Morgan fingerprint density at radius 2 is 1.79 bits per heavy atom. The summed E-state index contributed by atoms with van der Waals surface area (Å²) >= 11 is 0. The largest absolute Gasteiger partial charge is 0.419 e. The standard InChI is InChI=1S/C24H23F3N6/c1-15(2)21-31-20-10-13-33(23-19(24(25,26)27)4-3-11-29-23)12-9-18(20)22(32-21)30-17-7-5-16(14-28)6-8-17/h3-8,11,15H,9-10,12-13H2,1-2H3,(H,30,31,32). The van der Waals surface area contributed by atoms with E-state index >= 15 is 0 Å². The summed E-state index contributed by atoms with van der Waals surface area (Å²) < 4.78 is 40.7. The number of hydrogen-bond acceptors (Lipinski definition) is 6. The molecule has 0 radical (unpaired) electrons. The Bertz CT molecular complexity index is 1180. The van der Waals surface area contributed by atoms with Gasteiger partial charge in [-0.1, -0.05) is 13.8 Å². The molecule has 9 heteroatoms. The molecule has 6 nitrogen and oxygen atoms in total. The molecule has 33 heavy (non-hydrogen) atoms. The van der Waals surface area contributed by atoms with Gasteiger partial charge in [0.25, 0.3) is 0 Å². The smallest absolute Gasteiger partial charge is 0.355 e. The summed E-state index contributed by atoms with van der Waals surface area (Å²) in [6.07, 6.45) is -2.14. The van der Waals surface area contributed by atoms with Crippen molar-refractivity contribution in [3.8, 4) is 6.07 Å². The van der Waals surface area contributed by atoms with Crippen LogP contribution in [0.2, 0.25) is 0 Å². The minimum absolute atomic E-state index is 0.0588. The van der Waals surface area contributed by atoms with Gasteiger partial charge in [0.2, 0.25) is 0 Å². The number of halogens is 3. The Morgan fingerprint density at radius 3 is 2.45 bits per heavy atom. The number of benzene rings is 1. The van der Waals surface area contributed by atoms with Gasteiger partial charge in [-0.3, -0.25) is 0 Å². The summed E-state index contributed by atoms with van der Waals surface area (Å²) in [7, 11) is 0. The van der Waals surface area contributed by atoms with Gasteiger partial charge in [0, 0.05) is 42.9 Å². The summed E-state index contributed by atoms with van der Waals surface area (Å²) in [6, 6.07) is 11.5. The first-order chi connectivity index (χ1) is 15.8. The van der Waals surface area contributed by atoms with Crippen LogP contribution < -0.4 is 10.2 Å². The van der Waals surface area contributed by atoms with Gasteiger partial charge >= 0.3 is 6.18 Å². The Kier molecular flexibility index (Phi) is 6.18. The van der Waals surface area contributed by atoms with Gasteiger partial charge < -0.3 is 10.2 Å². The lowest BCUT2D eigenvalue weighted by Gasteiger charge is -2.24. The van der Waals surface area contributed by atoms with E-state index < -0.39 is 11.7 Å². The zero-order chi connectivity index (χ0) is 23.6. The molecule has 3 heterocycles. The number of aromatic nitrogens is 3. The first-order valence-corrected chi connectivity index (χ1v) is 10.7. The van der Waals surface area contributed by atoms with Crippen LogP contribution in [-0.4, -0.2) is 28.0 Å². The summed E-state index contributed by atoms with van der Waals surface area (Å²) in [5.41, 5.74) is 2.31. The van der Waals surface area contributed by atoms with E-state index in [1.807, 2.05) is 13.8 Å². The highest BCUT2D eigenvalue weighted by molar-refractivity contribution is 5.62. The van der Waals surface area contributed by atoms with E-state index in [1.54, 1.807) is 29.2 Å². The van der Waals surface area contributed by atoms with Crippen molar-refractivity contribution in [2.45, 2.75) is 38.8 Å². The molecule has 1 aromatic carbocycles. The Morgan fingerprint density at radius 1 is 1.06 bits per heavy atom. The lowest BCUT2D eigenvalue weighted by molar-refractivity contribution is -0.137. The van der Waals surface area contributed by atoms with E-state index in [1.165, 1.54) is 12.3 Å². The Hall–Kier alpha value is -3.67. The van der Waals surface area contributed by atoms with Gasteiger partial charge in [0.05, 0.1) is 22.9 Å². The number of nitrogens with one attached hydrogen (secondary N) is 1. The topological polar surface area (TPSA) is 77.7 Å². The monoisotopic (exact) mass is 452 g/mol. The Balaban J connectivity index is 1.68. The van der Waals surface area contributed by atoms with Crippen LogP contribution in [-0.2, 0) is 19.0 Å². The molecule has 1 aliphatic rings. The van der Waals surface area contributed by atoms with Crippen molar-refractivity contribution in [1.82, 2.24) is 15.0 Å². The average Bonchev–Trinajstić information content (AvgIpc) is 3.02. The predicted molar refractivity (Wildman–Crippen MR) is 119 cm³/mol. The normalized spacial score (nSPS) is 13.9. The van der Waals surface area contributed by atoms with Crippen molar-refractivity contribution in [2.24, 2.45) is 0 Å². The SMILES string of the molecule is CC(C)c1nc2c(c(Nc3ccc(C#N)cc3)n1)CCN(c1ncccc1C(F)(F)F)CC2. The predicted octanol–water partition coefficient (Wildman–Crippen LogP) is 5.23. The van der Waals surface area contributed by atoms with E-state index in [0.29, 0.717) is 43.1 Å². The highest BCUT2D eigenvalue weighted by Crippen LogP contribution is 2.36. The maximum absolute atomic E-state index is 13.6. The lowest BCUT2D eigenvalue weighted by Crippen LogP contribution is -2.29. The number of fused-ring (bicyclic) bond motifs is 1. The third kappa shape index (κ3) is 4.90. The van der Waals surface area contributed by atoms with Gasteiger partial charge in [-0.05, 0) is 42.8 Å². The summed E-state index contributed by atoms with van der Waals surface area (Å²) in [6.45, 7) is 4.73. The number of nitrogens with zero attached hydrogens (tertiary/aromatic N) is 5. The third-order valence-corrected chi connectivity index (χ3v) is 5.55. The minimum Gasteiger partial charge on any atom is -0.355 e. The van der Waals surface area contributed by atoms with Crippen LogP contribution in [0.15, 0.2) is 42.6 Å². The molecule has 0 atom stereocenters. The molecule has 170 valence electrons. The van der Waals surface area contributed by atoms with Crippen LogP contribution in [0.4, 0.5) is 30.5 Å². The van der Waals surface area contributed by atoms with E-state index in [4.69, 9.17) is 15.2 Å². The van der Waals surface area contributed by atoms with Crippen LogP contribution in [0.3, 0.4) is 0 Å². The fourth-order valence-electron chi connectivity index (χ4n) is 3.83. The fraction of sp³-hybridized carbons (Fsp3) is 0.333. The number of nitriles is 1. The molecule has 0 unspecified atom stereocenters. The molecular formula is C24H23F3N6. The highest BCUT2D eigenvalue weighted by Gasteiger charge is 2.36. The van der Waals surface area contributed by atoms with E-state index in [2.05, 4.69) is 16.4 Å². The number of rotatable bonds is 4. The number of anilines is 3. The van der Waals surface area contributed by atoms with Crippen molar-refractivity contribution >= 4 is 17.3 Å². The highest BCUT2D eigenvalue weighted by atomic mass is 19.4. The molecule has 0 saturated carbocycles. The van der Waals surface area contributed by atoms with Gasteiger partial charge in [0.15, 0.2) is 0 Å². The molecule has 0 amide bonds. The minimum atomic E-state index is -4.48. The Labute approximate surface area is 190 Å². The molecule has 0 spiro atoms. The van der Waals surface area contributed by atoms with Crippen LogP contribution in [0.5, 0.6) is 0 Å². The first kappa shape index (κ1) is 22.5. The summed E-state index contributed by atoms with van der Waals surface area (Å²) in [4.78, 5) is 15.2. The van der Waals surface area contributed by atoms with E-state index in [-0.39, 0.29) is 11.7 Å². The van der Waals surface area contributed by atoms with Crippen molar-refractivity contribution in [2.75, 3.05) is 23.3 Å². The number of hydrogen-bond donors (Lipinski definition) is 1. The molecule has 0 bridgehead atoms. The summed E-state index contributed by atoms with van der Waals surface area (Å²) in [5, 5.41) is 12.3. The van der Waals surface area contributed by atoms with Gasteiger partial charge in [0.1, 0.15) is 17.5 Å².